The van der Waals surface area contributed by atoms with Gasteiger partial charge in [0.2, 0.25) is 5.43 Å². The molecule has 0 saturated heterocycles. The van der Waals surface area contributed by atoms with E-state index in [-0.39, 0.29) is 28.4 Å². The number of ether oxygens (including phenoxy) is 1. The van der Waals surface area contributed by atoms with E-state index in [0.717, 1.165) is 31.9 Å². The molecule has 0 radical (unpaired) electrons. The van der Waals surface area contributed by atoms with Gasteiger partial charge in [-0.2, -0.15) is 0 Å². The Balaban J connectivity index is 1.86. The van der Waals surface area contributed by atoms with Crippen LogP contribution in [0.4, 0.5) is 10.1 Å². The zero-order valence-corrected chi connectivity index (χ0v) is 17.6. The number of hydrogen-bond donors (Lipinski definition) is 3. The molecule has 0 spiro atoms. The number of nitrogens with zero attached hydrogens (tertiary/aromatic N) is 1. The van der Waals surface area contributed by atoms with Gasteiger partial charge in [-0.1, -0.05) is 26.2 Å². The highest BCUT2D eigenvalue weighted by Crippen LogP contribution is 2.42. The second-order valence-corrected chi connectivity index (χ2v) is 7.72. The third-order valence-corrected chi connectivity index (χ3v) is 5.41. The Labute approximate surface area is 175 Å². The first-order chi connectivity index (χ1) is 14.5. The van der Waals surface area contributed by atoms with Crippen molar-refractivity contribution in [1.29, 1.82) is 0 Å². The number of fused-ring (bicyclic) bond motifs is 1. The van der Waals surface area contributed by atoms with E-state index in [1.807, 2.05) is 0 Å². The van der Waals surface area contributed by atoms with Crippen LogP contribution in [0.1, 0.15) is 61.8 Å². The number of aromatic nitrogens is 1. The van der Waals surface area contributed by atoms with Crippen LogP contribution < -0.4 is 20.8 Å². The van der Waals surface area contributed by atoms with Crippen molar-refractivity contribution in [3.8, 4) is 5.75 Å². The maximum Gasteiger partial charge on any atom is 0.341 e. The fourth-order valence-electron chi connectivity index (χ4n) is 3.69. The predicted molar refractivity (Wildman–Crippen MR) is 115 cm³/mol. The van der Waals surface area contributed by atoms with E-state index in [0.29, 0.717) is 18.6 Å². The van der Waals surface area contributed by atoms with E-state index in [1.54, 1.807) is 4.57 Å². The average Bonchev–Trinajstić information content (AvgIpc) is 3.55. The first-order valence-corrected chi connectivity index (χ1v) is 10.6. The van der Waals surface area contributed by atoms with E-state index < -0.39 is 17.2 Å². The number of carboxylic acid groups (broad SMARTS) is 1. The van der Waals surface area contributed by atoms with E-state index >= 15 is 0 Å². The van der Waals surface area contributed by atoms with Gasteiger partial charge in [0.1, 0.15) is 11.3 Å². The second-order valence-electron chi connectivity index (χ2n) is 7.72. The van der Waals surface area contributed by atoms with Crippen LogP contribution in [-0.2, 0) is 0 Å². The molecule has 1 fully saturated rings. The molecule has 1 aliphatic rings. The zero-order valence-electron chi connectivity index (χ0n) is 17.6. The maximum absolute atomic E-state index is 14.9. The number of carboxylic acids is 1. The molecule has 0 atom stereocenters. The first-order valence-electron chi connectivity index (χ1n) is 10.6. The Morgan fingerprint density at radius 2 is 2.03 bits per heavy atom. The van der Waals surface area contributed by atoms with Gasteiger partial charge in [-0.15, -0.1) is 0 Å². The van der Waals surface area contributed by atoms with Crippen molar-refractivity contribution in [2.24, 2.45) is 0 Å². The van der Waals surface area contributed by atoms with Crippen LogP contribution in [0.15, 0.2) is 17.1 Å². The molecule has 2 aromatic rings. The van der Waals surface area contributed by atoms with E-state index in [1.165, 1.54) is 32.6 Å². The molecule has 1 aromatic heterocycles. The third-order valence-electron chi connectivity index (χ3n) is 5.41. The highest BCUT2D eigenvalue weighted by molar-refractivity contribution is 5.97. The zero-order chi connectivity index (χ0) is 21.7. The Morgan fingerprint density at radius 3 is 2.67 bits per heavy atom. The molecule has 3 N–H and O–H groups in total. The number of hydrogen-bond acceptors (Lipinski definition) is 5. The van der Waals surface area contributed by atoms with E-state index in [9.17, 15) is 19.1 Å². The number of unbranched alkanes of at least 4 members (excludes halogenated alkanes) is 3. The van der Waals surface area contributed by atoms with Crippen LogP contribution in [0, 0.1) is 5.82 Å². The highest BCUT2D eigenvalue weighted by atomic mass is 19.1. The van der Waals surface area contributed by atoms with Crippen molar-refractivity contribution >= 4 is 22.6 Å². The Bertz CT molecular complexity index is 969. The third kappa shape index (κ3) is 4.75. The lowest BCUT2D eigenvalue weighted by atomic mass is 10.1. The van der Waals surface area contributed by atoms with Gasteiger partial charge in [0.25, 0.3) is 0 Å². The average molecular weight is 419 g/mol. The SMILES string of the molecule is CCCCCCNCCNc1c(F)cc2c(=O)c(C(=O)O)cn(C3CC3)c2c1OC. The predicted octanol–water partition coefficient (Wildman–Crippen LogP) is 3.76. The van der Waals surface area contributed by atoms with Gasteiger partial charge in [-0.25, -0.2) is 9.18 Å². The van der Waals surface area contributed by atoms with Crippen LogP contribution in [0.5, 0.6) is 5.75 Å². The van der Waals surface area contributed by atoms with E-state index in [4.69, 9.17) is 4.74 Å². The van der Waals surface area contributed by atoms with Crippen molar-refractivity contribution in [2.45, 2.75) is 51.5 Å². The molecule has 1 saturated carbocycles. The monoisotopic (exact) mass is 419 g/mol. The fraction of sp³-hybridized carbons (Fsp3) is 0.545. The number of anilines is 1. The van der Waals surface area contributed by atoms with Crippen molar-refractivity contribution in [3.05, 3.63) is 33.9 Å². The van der Waals surface area contributed by atoms with Crippen LogP contribution in [0.25, 0.3) is 10.9 Å². The summed E-state index contributed by atoms with van der Waals surface area (Å²) in [5.74, 6) is -1.72. The normalized spacial score (nSPS) is 13.6. The molecule has 0 unspecified atom stereocenters. The largest absolute Gasteiger partial charge is 0.492 e. The summed E-state index contributed by atoms with van der Waals surface area (Å²) in [6, 6.07) is 1.20. The molecule has 0 bridgehead atoms. The lowest BCUT2D eigenvalue weighted by Crippen LogP contribution is -2.24. The molecule has 0 amide bonds. The van der Waals surface area contributed by atoms with Crippen molar-refractivity contribution in [3.63, 3.8) is 0 Å². The Kier molecular flexibility index (Phi) is 7.31. The van der Waals surface area contributed by atoms with Crippen molar-refractivity contribution in [2.75, 3.05) is 32.1 Å². The van der Waals surface area contributed by atoms with Gasteiger partial charge >= 0.3 is 5.97 Å². The number of pyridine rings is 1. The second kappa shape index (κ2) is 9.93. The van der Waals surface area contributed by atoms with Gasteiger partial charge in [-0.3, -0.25) is 4.79 Å². The molecule has 3 rings (SSSR count). The minimum absolute atomic E-state index is 0.0238. The molecular formula is C22H30FN3O4. The molecule has 0 aliphatic heterocycles. The van der Waals surface area contributed by atoms with Gasteiger partial charge < -0.3 is 25.0 Å². The molecule has 1 aliphatic carbocycles. The number of nitrogens with one attached hydrogen (secondary N) is 2. The maximum atomic E-state index is 14.9. The number of methoxy groups -OCH3 is 1. The Hall–Kier alpha value is -2.61. The molecule has 8 heteroatoms. The topological polar surface area (TPSA) is 92.6 Å². The Morgan fingerprint density at radius 1 is 1.27 bits per heavy atom. The minimum atomic E-state index is -1.32. The summed E-state index contributed by atoms with van der Waals surface area (Å²) in [6.07, 6.45) is 7.84. The lowest BCUT2D eigenvalue weighted by Gasteiger charge is -2.19. The molecule has 30 heavy (non-hydrogen) atoms. The lowest BCUT2D eigenvalue weighted by molar-refractivity contribution is 0.0695. The number of benzene rings is 1. The van der Waals surface area contributed by atoms with Gasteiger partial charge in [-0.05, 0) is 31.9 Å². The molecule has 164 valence electrons. The van der Waals surface area contributed by atoms with Crippen molar-refractivity contribution in [1.82, 2.24) is 9.88 Å². The molecule has 7 nitrogen and oxygen atoms in total. The summed E-state index contributed by atoms with van der Waals surface area (Å²) < 4.78 is 22.1. The summed E-state index contributed by atoms with van der Waals surface area (Å²) in [6.45, 7) is 4.25. The summed E-state index contributed by atoms with van der Waals surface area (Å²) in [5, 5.41) is 15.8. The first kappa shape index (κ1) is 22.1. The highest BCUT2D eigenvalue weighted by Gasteiger charge is 2.30. The summed E-state index contributed by atoms with van der Waals surface area (Å²) in [7, 11) is 1.43. The van der Waals surface area contributed by atoms with Crippen molar-refractivity contribution < 1.29 is 19.0 Å². The quantitative estimate of drug-likeness (QED) is 0.454. The number of halogens is 1. The molecule has 1 aromatic carbocycles. The van der Waals surface area contributed by atoms with Gasteiger partial charge in [0, 0.05) is 25.3 Å². The fourth-order valence-corrected chi connectivity index (χ4v) is 3.69. The minimum Gasteiger partial charge on any atom is -0.492 e. The molecular weight excluding hydrogens is 389 g/mol. The van der Waals surface area contributed by atoms with Gasteiger partial charge in [0.05, 0.1) is 18.0 Å². The summed E-state index contributed by atoms with van der Waals surface area (Å²) >= 11 is 0. The van der Waals surface area contributed by atoms with E-state index in [2.05, 4.69) is 17.6 Å². The summed E-state index contributed by atoms with van der Waals surface area (Å²) in [5.41, 5.74) is -0.434. The van der Waals surface area contributed by atoms with Crippen LogP contribution in [0.3, 0.4) is 0 Å². The number of carbonyl (C=O) groups is 1. The number of aromatic carboxylic acids is 1. The van der Waals surface area contributed by atoms with Crippen LogP contribution in [-0.4, -0.2) is 42.4 Å². The summed E-state index contributed by atoms with van der Waals surface area (Å²) in [4.78, 5) is 24.2. The standard InChI is InChI=1S/C22H30FN3O4/c1-3-4-5-6-9-24-10-11-25-18-17(23)12-15-19(21(18)30-2)26(14-7-8-14)13-16(20(15)27)22(28)29/h12-14,24-25H,3-11H2,1-2H3,(H,28,29). The van der Waals surface area contributed by atoms with Crippen LogP contribution >= 0.6 is 0 Å². The van der Waals surface area contributed by atoms with Gasteiger partial charge in [0.15, 0.2) is 11.6 Å². The van der Waals surface area contributed by atoms with Crippen LogP contribution in [0.2, 0.25) is 0 Å². The number of rotatable bonds is 12. The molecule has 1 heterocycles. The smallest absolute Gasteiger partial charge is 0.341 e.